The number of rotatable bonds is 6. The Labute approximate surface area is 184 Å². The van der Waals surface area contributed by atoms with E-state index in [1.807, 2.05) is 13.8 Å². The monoisotopic (exact) mass is 473 g/mol. The van der Waals surface area contributed by atoms with E-state index in [0.29, 0.717) is 0 Å². The Morgan fingerprint density at radius 2 is 1.90 bits per heavy atom. The Bertz CT molecular complexity index is 1110. The van der Waals surface area contributed by atoms with Crippen molar-refractivity contribution in [3.63, 3.8) is 0 Å². The van der Waals surface area contributed by atoms with Gasteiger partial charge >= 0.3 is 11.8 Å². The number of aromatic amines is 1. The third-order valence-corrected chi connectivity index (χ3v) is 4.51. The number of hydrogen-bond donors (Lipinski definition) is 2. The van der Waals surface area contributed by atoms with Crippen molar-refractivity contribution >= 4 is 40.9 Å². The molecular formula is C17H14Cl3N5O5. The van der Waals surface area contributed by atoms with E-state index in [2.05, 4.69) is 30.2 Å². The van der Waals surface area contributed by atoms with Crippen LogP contribution in [-0.4, -0.2) is 26.4 Å². The van der Waals surface area contributed by atoms with E-state index in [-0.39, 0.29) is 50.9 Å². The van der Waals surface area contributed by atoms with Crippen molar-refractivity contribution in [1.82, 2.24) is 25.7 Å². The van der Waals surface area contributed by atoms with E-state index in [0.717, 1.165) is 5.56 Å². The summed E-state index contributed by atoms with van der Waals surface area (Å²) in [5, 5.41) is 13.9. The van der Waals surface area contributed by atoms with E-state index in [4.69, 9.17) is 44.3 Å². The Balaban J connectivity index is 1.70. The highest BCUT2D eigenvalue weighted by Gasteiger charge is 2.16. The largest absolute Gasteiger partial charge is 0.438 e. The zero-order valence-corrected chi connectivity index (χ0v) is 17.8. The molecule has 2 N–H and O–H groups in total. The zero-order valence-electron chi connectivity index (χ0n) is 15.5. The Hall–Kier alpha value is -2.82. The summed E-state index contributed by atoms with van der Waals surface area (Å²) in [6, 6.07) is 4.32. The molecule has 0 atom stereocenters. The molecule has 3 rings (SSSR count). The Kier molecular flexibility index (Phi) is 6.80. The van der Waals surface area contributed by atoms with Gasteiger partial charge in [-0.25, -0.2) is 9.59 Å². The molecule has 0 spiro atoms. The van der Waals surface area contributed by atoms with Gasteiger partial charge in [0.25, 0.3) is 0 Å². The molecule has 0 saturated carbocycles. The maximum atomic E-state index is 11.9. The first-order valence-electron chi connectivity index (χ1n) is 8.43. The van der Waals surface area contributed by atoms with Crippen molar-refractivity contribution in [2.75, 3.05) is 0 Å². The number of hydrogen-bond acceptors (Lipinski definition) is 8. The lowest BCUT2D eigenvalue weighted by molar-refractivity contribution is 0.199. The maximum absolute atomic E-state index is 11.9. The number of nitrogens with one attached hydrogen (secondary N) is 2. The van der Waals surface area contributed by atoms with Gasteiger partial charge in [0.15, 0.2) is 16.7 Å². The highest BCUT2D eigenvalue weighted by atomic mass is 35.5. The lowest BCUT2D eigenvalue weighted by Gasteiger charge is -2.13. The second kappa shape index (κ2) is 9.33. The number of carbonyl (C=O) groups excluding carboxylic acids is 1. The molecule has 0 aliphatic heterocycles. The van der Waals surface area contributed by atoms with E-state index in [1.54, 1.807) is 6.07 Å². The van der Waals surface area contributed by atoms with Gasteiger partial charge in [-0.3, -0.25) is 9.51 Å². The van der Waals surface area contributed by atoms with Crippen LogP contribution in [0.4, 0.5) is 4.79 Å². The van der Waals surface area contributed by atoms with E-state index < -0.39 is 11.8 Å². The lowest BCUT2D eigenvalue weighted by Crippen LogP contribution is -2.27. The molecule has 10 nitrogen and oxygen atoms in total. The van der Waals surface area contributed by atoms with Crippen LogP contribution in [0, 0.1) is 0 Å². The first-order valence-corrected chi connectivity index (χ1v) is 9.57. The third kappa shape index (κ3) is 5.41. The van der Waals surface area contributed by atoms with Gasteiger partial charge < -0.3 is 14.8 Å². The summed E-state index contributed by atoms with van der Waals surface area (Å²) in [7, 11) is 0. The van der Waals surface area contributed by atoms with Crippen molar-refractivity contribution in [3.8, 4) is 17.4 Å². The van der Waals surface area contributed by atoms with Crippen LogP contribution in [-0.2, 0) is 6.54 Å². The topological polar surface area (TPSA) is 132 Å². The van der Waals surface area contributed by atoms with Gasteiger partial charge in [0, 0.05) is 18.2 Å². The Morgan fingerprint density at radius 3 is 2.50 bits per heavy atom. The van der Waals surface area contributed by atoms with Crippen LogP contribution in [0.3, 0.4) is 0 Å². The fourth-order valence-corrected chi connectivity index (χ4v) is 3.11. The molecule has 2 heterocycles. The van der Waals surface area contributed by atoms with E-state index in [9.17, 15) is 9.59 Å². The minimum absolute atomic E-state index is 0.0635. The second-order valence-electron chi connectivity index (χ2n) is 6.19. The van der Waals surface area contributed by atoms with Crippen LogP contribution in [0.25, 0.3) is 0 Å². The number of benzene rings is 1. The quantitative estimate of drug-likeness (QED) is 0.540. The fourth-order valence-electron chi connectivity index (χ4n) is 2.26. The van der Waals surface area contributed by atoms with Crippen LogP contribution < -0.4 is 20.5 Å². The maximum Gasteiger partial charge on any atom is 0.438 e. The lowest BCUT2D eigenvalue weighted by atomic mass is 10.1. The average molecular weight is 475 g/mol. The molecule has 1 amide bonds. The minimum atomic E-state index is -0.829. The highest BCUT2D eigenvalue weighted by Crippen LogP contribution is 2.39. The molecule has 0 aliphatic carbocycles. The number of aromatic nitrogens is 4. The standard InChI is InChI=1S/C17H14Cl3N5O5/c1-7(2)9-5-13(23-24-15(9)20)29-14-10(18)3-8(4-11(14)19)28-16(26)21-6-12-22-17(27)30-25-12/h3-5,7H,6H2,1-2H3,(H,21,26)(H,22,25,27). The second-order valence-corrected chi connectivity index (χ2v) is 7.36. The number of nitrogens with zero attached hydrogens (tertiary/aromatic N) is 3. The molecule has 3 aromatic rings. The third-order valence-electron chi connectivity index (χ3n) is 3.65. The van der Waals surface area contributed by atoms with Crippen molar-refractivity contribution in [2.45, 2.75) is 26.3 Å². The molecule has 30 heavy (non-hydrogen) atoms. The molecule has 1 aromatic carbocycles. The van der Waals surface area contributed by atoms with Crippen molar-refractivity contribution in [2.24, 2.45) is 0 Å². The molecular weight excluding hydrogens is 461 g/mol. The minimum Gasteiger partial charge on any atom is -0.434 e. The predicted molar refractivity (Wildman–Crippen MR) is 108 cm³/mol. The number of halogens is 3. The summed E-state index contributed by atoms with van der Waals surface area (Å²) < 4.78 is 15.1. The van der Waals surface area contributed by atoms with Crippen molar-refractivity contribution < 1.29 is 18.8 Å². The van der Waals surface area contributed by atoms with E-state index in [1.165, 1.54) is 12.1 Å². The van der Waals surface area contributed by atoms with Gasteiger partial charge in [0.2, 0.25) is 5.88 Å². The van der Waals surface area contributed by atoms with Crippen LogP contribution >= 0.6 is 34.8 Å². The molecule has 0 aliphatic rings. The van der Waals surface area contributed by atoms with Crippen LogP contribution in [0.2, 0.25) is 15.2 Å². The number of amides is 1. The summed E-state index contributed by atoms with van der Waals surface area (Å²) in [6.45, 7) is 3.79. The summed E-state index contributed by atoms with van der Waals surface area (Å²) in [6.07, 6.45) is -0.829. The summed E-state index contributed by atoms with van der Waals surface area (Å²) >= 11 is 18.5. The van der Waals surface area contributed by atoms with Gasteiger partial charge in [-0.05, 0) is 11.5 Å². The molecule has 0 saturated heterocycles. The summed E-state index contributed by atoms with van der Waals surface area (Å²) in [5.41, 5.74) is 0.749. The first-order chi connectivity index (χ1) is 14.2. The first kappa shape index (κ1) is 21.9. The Morgan fingerprint density at radius 1 is 1.20 bits per heavy atom. The van der Waals surface area contributed by atoms with E-state index >= 15 is 0 Å². The van der Waals surface area contributed by atoms with Gasteiger partial charge in [-0.1, -0.05) is 53.8 Å². The van der Waals surface area contributed by atoms with Crippen molar-refractivity contribution in [1.29, 1.82) is 0 Å². The predicted octanol–water partition coefficient (Wildman–Crippen LogP) is 4.32. The molecule has 2 aromatic heterocycles. The van der Waals surface area contributed by atoms with Gasteiger partial charge in [-0.15, -0.1) is 10.2 Å². The summed E-state index contributed by atoms with van der Waals surface area (Å²) in [4.78, 5) is 25.0. The summed E-state index contributed by atoms with van der Waals surface area (Å²) in [5.74, 6) is -0.182. The molecule has 13 heteroatoms. The van der Waals surface area contributed by atoms with Gasteiger partial charge in [0.1, 0.15) is 5.75 Å². The fraction of sp³-hybridized carbons (Fsp3) is 0.235. The highest BCUT2D eigenvalue weighted by molar-refractivity contribution is 6.37. The normalized spacial score (nSPS) is 10.9. The van der Waals surface area contributed by atoms with Gasteiger partial charge in [-0.2, -0.15) is 0 Å². The smallest absolute Gasteiger partial charge is 0.434 e. The average Bonchev–Trinajstić information content (AvgIpc) is 3.09. The van der Waals surface area contributed by atoms with Crippen molar-refractivity contribution in [3.05, 3.63) is 55.3 Å². The van der Waals surface area contributed by atoms with Gasteiger partial charge in [0.05, 0.1) is 16.6 Å². The van der Waals surface area contributed by atoms with Crippen LogP contribution in [0.1, 0.15) is 31.2 Å². The molecule has 0 fully saturated rings. The number of carbonyl (C=O) groups is 1. The molecule has 0 radical (unpaired) electrons. The number of ether oxygens (including phenoxy) is 2. The molecule has 0 bridgehead atoms. The zero-order chi connectivity index (χ0) is 21.8. The SMILES string of the molecule is CC(C)c1cc(Oc2c(Cl)cc(OC(=O)NCc3noc(=O)[nH]3)cc2Cl)nnc1Cl. The van der Waals surface area contributed by atoms with Crippen LogP contribution in [0.5, 0.6) is 17.4 Å². The molecule has 158 valence electrons. The molecule has 0 unspecified atom stereocenters. The van der Waals surface area contributed by atoms with Crippen LogP contribution in [0.15, 0.2) is 27.5 Å². The number of H-pyrrole nitrogens is 1.